The summed E-state index contributed by atoms with van der Waals surface area (Å²) in [5, 5.41) is 3.23. The van der Waals surface area contributed by atoms with E-state index in [1.807, 2.05) is 24.3 Å². The predicted octanol–water partition coefficient (Wildman–Crippen LogP) is 5.45. The highest BCUT2D eigenvalue weighted by molar-refractivity contribution is 5.77. The summed E-state index contributed by atoms with van der Waals surface area (Å²) in [4.78, 5) is 12.7. The van der Waals surface area contributed by atoms with Crippen molar-refractivity contribution in [1.29, 1.82) is 0 Å². The SMILES string of the molecule is Cc1cccc(C(NC(=O)CCc2ccc(C)c(C)c2)c2ccccc2)c1. The van der Waals surface area contributed by atoms with Crippen molar-refractivity contribution in [1.82, 2.24) is 5.32 Å². The van der Waals surface area contributed by atoms with Gasteiger partial charge >= 0.3 is 0 Å². The smallest absolute Gasteiger partial charge is 0.221 e. The molecule has 2 nitrogen and oxygen atoms in total. The molecule has 0 aliphatic carbocycles. The zero-order valence-electron chi connectivity index (χ0n) is 16.3. The van der Waals surface area contributed by atoms with E-state index in [1.54, 1.807) is 0 Å². The first-order chi connectivity index (χ1) is 13.0. The molecule has 0 aliphatic rings. The lowest BCUT2D eigenvalue weighted by Gasteiger charge is -2.20. The van der Waals surface area contributed by atoms with Crippen LogP contribution >= 0.6 is 0 Å². The fourth-order valence-electron chi connectivity index (χ4n) is 3.30. The number of rotatable bonds is 6. The highest BCUT2D eigenvalue weighted by atomic mass is 16.1. The molecule has 1 atom stereocenters. The lowest BCUT2D eigenvalue weighted by molar-refractivity contribution is -0.121. The average molecular weight is 357 g/mol. The van der Waals surface area contributed by atoms with E-state index in [9.17, 15) is 4.79 Å². The van der Waals surface area contributed by atoms with Crippen LogP contribution in [0.15, 0.2) is 72.8 Å². The molecule has 1 N–H and O–H groups in total. The van der Waals surface area contributed by atoms with Crippen LogP contribution in [0.4, 0.5) is 0 Å². The van der Waals surface area contributed by atoms with Crippen molar-refractivity contribution in [3.63, 3.8) is 0 Å². The maximum atomic E-state index is 12.7. The van der Waals surface area contributed by atoms with E-state index < -0.39 is 0 Å². The molecule has 3 aromatic carbocycles. The van der Waals surface area contributed by atoms with Gasteiger partial charge in [-0.05, 0) is 55.0 Å². The summed E-state index contributed by atoms with van der Waals surface area (Å²) in [5.74, 6) is 0.0728. The summed E-state index contributed by atoms with van der Waals surface area (Å²) in [5.41, 5.74) is 7.17. The monoisotopic (exact) mass is 357 g/mol. The zero-order chi connectivity index (χ0) is 19.2. The summed E-state index contributed by atoms with van der Waals surface area (Å²) in [6, 6.07) is 24.8. The van der Waals surface area contributed by atoms with E-state index in [1.165, 1.54) is 22.3 Å². The van der Waals surface area contributed by atoms with Crippen LogP contribution in [-0.4, -0.2) is 5.91 Å². The van der Waals surface area contributed by atoms with Gasteiger partial charge in [0.15, 0.2) is 0 Å². The average Bonchev–Trinajstić information content (AvgIpc) is 2.67. The van der Waals surface area contributed by atoms with Crippen molar-refractivity contribution in [2.24, 2.45) is 0 Å². The standard InChI is InChI=1S/C25H27NO/c1-18-8-7-11-23(16-18)25(22-9-5-4-6-10-22)26-24(27)15-14-21-13-12-19(2)20(3)17-21/h4-13,16-17,25H,14-15H2,1-3H3,(H,26,27). The molecule has 0 saturated heterocycles. The number of aryl methyl sites for hydroxylation is 4. The first-order valence-electron chi connectivity index (χ1n) is 9.50. The first kappa shape index (κ1) is 18.9. The molecular weight excluding hydrogens is 330 g/mol. The fraction of sp³-hybridized carbons (Fsp3) is 0.240. The Balaban J connectivity index is 1.73. The molecule has 2 heteroatoms. The van der Waals surface area contributed by atoms with Gasteiger partial charge in [0, 0.05) is 6.42 Å². The van der Waals surface area contributed by atoms with Crippen LogP contribution in [0.2, 0.25) is 0 Å². The van der Waals surface area contributed by atoms with Gasteiger partial charge in [-0.1, -0.05) is 78.4 Å². The lowest BCUT2D eigenvalue weighted by Crippen LogP contribution is -2.29. The number of carbonyl (C=O) groups is 1. The minimum absolute atomic E-state index is 0.0728. The summed E-state index contributed by atoms with van der Waals surface area (Å²) in [6.07, 6.45) is 1.24. The second-order valence-corrected chi connectivity index (χ2v) is 7.24. The predicted molar refractivity (Wildman–Crippen MR) is 112 cm³/mol. The second-order valence-electron chi connectivity index (χ2n) is 7.24. The van der Waals surface area contributed by atoms with Crippen LogP contribution < -0.4 is 5.32 Å². The van der Waals surface area contributed by atoms with Gasteiger partial charge < -0.3 is 5.32 Å². The third-order valence-electron chi connectivity index (χ3n) is 5.03. The van der Waals surface area contributed by atoms with Crippen molar-refractivity contribution in [2.45, 2.75) is 39.7 Å². The number of carbonyl (C=O) groups excluding carboxylic acids is 1. The van der Waals surface area contributed by atoms with Gasteiger partial charge in [0.05, 0.1) is 6.04 Å². The van der Waals surface area contributed by atoms with Crippen molar-refractivity contribution in [3.8, 4) is 0 Å². The van der Waals surface area contributed by atoms with Gasteiger partial charge in [0.2, 0.25) is 5.91 Å². The molecular formula is C25H27NO. The molecule has 0 saturated carbocycles. The summed E-state index contributed by atoms with van der Waals surface area (Å²) >= 11 is 0. The molecule has 0 fully saturated rings. The second kappa shape index (κ2) is 8.68. The van der Waals surface area contributed by atoms with Crippen LogP contribution in [0.1, 0.15) is 45.8 Å². The summed E-state index contributed by atoms with van der Waals surface area (Å²) in [7, 11) is 0. The highest BCUT2D eigenvalue weighted by Gasteiger charge is 2.16. The van der Waals surface area contributed by atoms with Gasteiger partial charge in [0.1, 0.15) is 0 Å². The third-order valence-corrected chi connectivity index (χ3v) is 5.03. The van der Waals surface area contributed by atoms with Gasteiger partial charge in [-0.15, -0.1) is 0 Å². The Hall–Kier alpha value is -2.87. The lowest BCUT2D eigenvalue weighted by atomic mass is 9.97. The molecule has 27 heavy (non-hydrogen) atoms. The number of amides is 1. The van der Waals surface area contributed by atoms with Gasteiger partial charge in [0.25, 0.3) is 0 Å². The molecule has 3 rings (SSSR count). The largest absolute Gasteiger partial charge is 0.345 e. The molecule has 0 aliphatic heterocycles. The Labute approximate surface area is 162 Å². The molecule has 0 aromatic heterocycles. The van der Waals surface area contributed by atoms with Crippen molar-refractivity contribution < 1.29 is 4.79 Å². The molecule has 138 valence electrons. The topological polar surface area (TPSA) is 29.1 Å². The zero-order valence-corrected chi connectivity index (χ0v) is 16.3. The van der Waals surface area contributed by atoms with E-state index in [0.717, 1.165) is 17.5 Å². The molecule has 3 aromatic rings. The van der Waals surface area contributed by atoms with Crippen LogP contribution in [0.3, 0.4) is 0 Å². The fourth-order valence-corrected chi connectivity index (χ4v) is 3.30. The maximum absolute atomic E-state index is 12.7. The highest BCUT2D eigenvalue weighted by Crippen LogP contribution is 2.23. The molecule has 0 spiro atoms. The minimum atomic E-state index is -0.127. The number of benzene rings is 3. The third kappa shape index (κ3) is 5.07. The van der Waals surface area contributed by atoms with E-state index in [4.69, 9.17) is 0 Å². The number of hydrogen-bond acceptors (Lipinski definition) is 1. The van der Waals surface area contributed by atoms with Crippen molar-refractivity contribution in [2.75, 3.05) is 0 Å². The number of hydrogen-bond donors (Lipinski definition) is 1. The maximum Gasteiger partial charge on any atom is 0.221 e. The number of nitrogens with one attached hydrogen (secondary N) is 1. The van der Waals surface area contributed by atoms with E-state index >= 15 is 0 Å². The van der Waals surface area contributed by atoms with Crippen molar-refractivity contribution in [3.05, 3.63) is 106 Å². The molecule has 0 heterocycles. The quantitative estimate of drug-likeness (QED) is 0.624. The van der Waals surface area contributed by atoms with E-state index in [0.29, 0.717) is 6.42 Å². The minimum Gasteiger partial charge on any atom is -0.345 e. The van der Waals surface area contributed by atoms with Crippen LogP contribution in [0.5, 0.6) is 0 Å². The van der Waals surface area contributed by atoms with E-state index in [-0.39, 0.29) is 11.9 Å². The van der Waals surface area contributed by atoms with Crippen LogP contribution in [-0.2, 0) is 11.2 Å². The molecule has 0 radical (unpaired) electrons. The Morgan fingerprint density at radius 3 is 2.26 bits per heavy atom. The van der Waals surface area contributed by atoms with E-state index in [2.05, 4.69) is 74.6 Å². The first-order valence-corrected chi connectivity index (χ1v) is 9.50. The van der Waals surface area contributed by atoms with Gasteiger partial charge in [-0.25, -0.2) is 0 Å². The van der Waals surface area contributed by atoms with Gasteiger partial charge in [-0.2, -0.15) is 0 Å². The Kier molecular flexibility index (Phi) is 6.08. The van der Waals surface area contributed by atoms with Crippen LogP contribution in [0.25, 0.3) is 0 Å². The Bertz CT molecular complexity index is 915. The van der Waals surface area contributed by atoms with Crippen LogP contribution in [0, 0.1) is 20.8 Å². The normalized spacial score (nSPS) is 11.8. The Morgan fingerprint density at radius 1 is 0.815 bits per heavy atom. The Morgan fingerprint density at radius 2 is 1.56 bits per heavy atom. The molecule has 0 bridgehead atoms. The van der Waals surface area contributed by atoms with Crippen molar-refractivity contribution >= 4 is 5.91 Å². The molecule has 1 unspecified atom stereocenters. The molecule has 1 amide bonds. The van der Waals surface area contributed by atoms with Gasteiger partial charge in [-0.3, -0.25) is 4.79 Å². The summed E-state index contributed by atoms with van der Waals surface area (Å²) < 4.78 is 0. The summed E-state index contributed by atoms with van der Waals surface area (Å²) in [6.45, 7) is 6.30.